The summed E-state index contributed by atoms with van der Waals surface area (Å²) in [5.41, 5.74) is 1.69. The van der Waals surface area contributed by atoms with Crippen LogP contribution in [0.2, 0.25) is 5.15 Å². The molecule has 2 rings (SSSR count). The smallest absolute Gasteiger partial charge is 0.191 e. The van der Waals surface area contributed by atoms with Crippen LogP contribution in [0.15, 0.2) is 47.6 Å². The third-order valence-electron chi connectivity index (χ3n) is 3.12. The van der Waals surface area contributed by atoms with Crippen molar-refractivity contribution in [3.05, 3.63) is 64.7 Å². The molecular formula is C16H19ClFIN4. The zero-order valence-corrected chi connectivity index (χ0v) is 15.8. The summed E-state index contributed by atoms with van der Waals surface area (Å²) in [5, 5.41) is 6.75. The molecule has 0 radical (unpaired) electrons. The van der Waals surface area contributed by atoms with E-state index in [0.29, 0.717) is 29.8 Å². The van der Waals surface area contributed by atoms with Gasteiger partial charge in [0.25, 0.3) is 0 Å². The monoisotopic (exact) mass is 448 g/mol. The molecule has 23 heavy (non-hydrogen) atoms. The predicted octanol–water partition coefficient (Wildman–Crippen LogP) is 3.40. The van der Waals surface area contributed by atoms with E-state index in [1.165, 1.54) is 6.07 Å². The van der Waals surface area contributed by atoms with E-state index in [4.69, 9.17) is 11.6 Å². The number of guanidine groups is 1. The SMILES string of the molecule is CN=C(NCCc1ccc(Cl)nc1)NCc1ccccc1F.I. The molecule has 0 amide bonds. The van der Waals surface area contributed by atoms with Gasteiger partial charge in [-0.3, -0.25) is 4.99 Å². The predicted molar refractivity (Wildman–Crippen MR) is 103 cm³/mol. The second-order valence-electron chi connectivity index (χ2n) is 4.68. The summed E-state index contributed by atoms with van der Waals surface area (Å²) in [4.78, 5) is 8.15. The van der Waals surface area contributed by atoms with Gasteiger partial charge in [-0.15, -0.1) is 24.0 Å². The van der Waals surface area contributed by atoms with Gasteiger partial charge in [-0.05, 0) is 24.1 Å². The highest BCUT2D eigenvalue weighted by molar-refractivity contribution is 14.0. The fraction of sp³-hybridized carbons (Fsp3) is 0.250. The third-order valence-corrected chi connectivity index (χ3v) is 3.35. The minimum Gasteiger partial charge on any atom is -0.356 e. The first-order valence-corrected chi connectivity index (χ1v) is 7.35. The fourth-order valence-electron chi connectivity index (χ4n) is 1.92. The minimum absolute atomic E-state index is 0. The standard InChI is InChI=1S/C16H18ClFN4.HI/c1-19-16(22-11-13-4-2-3-5-14(13)18)20-9-8-12-6-7-15(17)21-10-12;/h2-7,10H,8-9,11H2,1H3,(H2,19,20,22);1H. The van der Waals surface area contributed by atoms with Crippen molar-refractivity contribution in [3.63, 3.8) is 0 Å². The first-order chi connectivity index (χ1) is 10.7. The van der Waals surface area contributed by atoms with Crippen LogP contribution in [0.4, 0.5) is 4.39 Å². The van der Waals surface area contributed by atoms with Crippen molar-refractivity contribution in [1.82, 2.24) is 15.6 Å². The Hall–Kier alpha value is -1.41. The molecule has 0 fully saturated rings. The third kappa shape index (κ3) is 6.70. The number of aliphatic imine (C=N–C) groups is 1. The minimum atomic E-state index is -0.224. The Labute approximate surface area is 157 Å². The molecule has 7 heteroatoms. The van der Waals surface area contributed by atoms with E-state index in [1.54, 1.807) is 31.4 Å². The van der Waals surface area contributed by atoms with Crippen LogP contribution in [0, 0.1) is 5.82 Å². The molecule has 2 N–H and O–H groups in total. The van der Waals surface area contributed by atoms with Gasteiger partial charge in [0, 0.05) is 31.9 Å². The summed E-state index contributed by atoms with van der Waals surface area (Å²) in [5.74, 6) is 0.405. The molecule has 0 aliphatic rings. The van der Waals surface area contributed by atoms with E-state index >= 15 is 0 Å². The number of nitrogens with one attached hydrogen (secondary N) is 2. The molecule has 4 nitrogen and oxygen atoms in total. The molecule has 0 unspecified atom stereocenters. The number of halogens is 3. The van der Waals surface area contributed by atoms with E-state index in [9.17, 15) is 4.39 Å². The van der Waals surface area contributed by atoms with Crippen LogP contribution in [0.1, 0.15) is 11.1 Å². The molecule has 0 spiro atoms. The Balaban J connectivity index is 0.00000264. The van der Waals surface area contributed by atoms with Crippen LogP contribution in [0.5, 0.6) is 0 Å². The Kier molecular flexibility index (Phi) is 8.86. The van der Waals surface area contributed by atoms with Gasteiger partial charge in [0.2, 0.25) is 0 Å². The van der Waals surface area contributed by atoms with E-state index in [1.807, 2.05) is 12.1 Å². The second kappa shape index (κ2) is 10.4. The van der Waals surface area contributed by atoms with Gasteiger partial charge in [0.15, 0.2) is 5.96 Å². The first kappa shape index (κ1) is 19.6. The average molecular weight is 449 g/mol. The zero-order valence-electron chi connectivity index (χ0n) is 12.7. The van der Waals surface area contributed by atoms with Gasteiger partial charge < -0.3 is 10.6 Å². The highest BCUT2D eigenvalue weighted by Crippen LogP contribution is 2.06. The molecule has 0 aliphatic carbocycles. The molecule has 1 aromatic carbocycles. The molecule has 1 heterocycles. The highest BCUT2D eigenvalue weighted by atomic mass is 127. The van der Waals surface area contributed by atoms with Crippen LogP contribution in [-0.4, -0.2) is 24.5 Å². The maximum absolute atomic E-state index is 13.5. The number of hydrogen-bond acceptors (Lipinski definition) is 2. The first-order valence-electron chi connectivity index (χ1n) is 6.97. The van der Waals surface area contributed by atoms with Gasteiger partial charge in [-0.25, -0.2) is 9.37 Å². The molecule has 0 bridgehead atoms. The highest BCUT2D eigenvalue weighted by Gasteiger charge is 2.02. The van der Waals surface area contributed by atoms with Crippen molar-refractivity contribution in [2.24, 2.45) is 4.99 Å². The number of benzene rings is 1. The molecule has 1 aromatic heterocycles. The Morgan fingerprint density at radius 2 is 2.00 bits per heavy atom. The Morgan fingerprint density at radius 3 is 2.65 bits per heavy atom. The number of pyridine rings is 1. The molecule has 0 saturated carbocycles. The summed E-state index contributed by atoms with van der Waals surface area (Å²) in [6, 6.07) is 10.4. The maximum Gasteiger partial charge on any atom is 0.191 e. The van der Waals surface area contributed by atoms with E-state index < -0.39 is 0 Å². The molecular weight excluding hydrogens is 430 g/mol. The van der Waals surface area contributed by atoms with Crippen LogP contribution >= 0.6 is 35.6 Å². The Bertz CT molecular complexity index is 634. The number of aromatic nitrogens is 1. The number of rotatable bonds is 5. The Morgan fingerprint density at radius 1 is 1.22 bits per heavy atom. The quantitative estimate of drug-likeness (QED) is 0.319. The van der Waals surface area contributed by atoms with Gasteiger partial charge in [-0.2, -0.15) is 0 Å². The molecule has 0 saturated heterocycles. The van der Waals surface area contributed by atoms with E-state index in [0.717, 1.165) is 12.0 Å². The lowest BCUT2D eigenvalue weighted by molar-refractivity contribution is 0.604. The molecule has 0 aliphatic heterocycles. The normalized spacial score (nSPS) is 10.8. The van der Waals surface area contributed by atoms with E-state index in [2.05, 4.69) is 20.6 Å². The van der Waals surface area contributed by atoms with Crippen molar-refractivity contribution < 1.29 is 4.39 Å². The van der Waals surface area contributed by atoms with Crippen molar-refractivity contribution in [1.29, 1.82) is 0 Å². The van der Waals surface area contributed by atoms with Crippen molar-refractivity contribution in [2.75, 3.05) is 13.6 Å². The van der Waals surface area contributed by atoms with Crippen LogP contribution < -0.4 is 10.6 Å². The average Bonchev–Trinajstić information content (AvgIpc) is 2.54. The summed E-state index contributed by atoms with van der Waals surface area (Å²) in [7, 11) is 1.68. The summed E-state index contributed by atoms with van der Waals surface area (Å²) >= 11 is 5.74. The number of hydrogen-bond donors (Lipinski definition) is 2. The largest absolute Gasteiger partial charge is 0.356 e. The van der Waals surface area contributed by atoms with Crippen molar-refractivity contribution in [3.8, 4) is 0 Å². The zero-order chi connectivity index (χ0) is 15.8. The summed E-state index contributed by atoms with van der Waals surface area (Å²) in [6.45, 7) is 1.08. The van der Waals surface area contributed by atoms with Crippen molar-refractivity contribution >= 4 is 41.5 Å². The summed E-state index contributed by atoms with van der Waals surface area (Å²) in [6.07, 6.45) is 2.55. The van der Waals surface area contributed by atoms with Crippen molar-refractivity contribution in [2.45, 2.75) is 13.0 Å². The maximum atomic E-state index is 13.5. The van der Waals surface area contributed by atoms with Crippen LogP contribution in [0.25, 0.3) is 0 Å². The lowest BCUT2D eigenvalue weighted by Crippen LogP contribution is -2.38. The lowest BCUT2D eigenvalue weighted by Gasteiger charge is -2.12. The second-order valence-corrected chi connectivity index (χ2v) is 5.07. The van der Waals surface area contributed by atoms with Crippen LogP contribution in [0.3, 0.4) is 0 Å². The van der Waals surface area contributed by atoms with Crippen LogP contribution in [-0.2, 0) is 13.0 Å². The van der Waals surface area contributed by atoms with Gasteiger partial charge in [0.1, 0.15) is 11.0 Å². The molecule has 124 valence electrons. The topological polar surface area (TPSA) is 49.3 Å². The summed E-state index contributed by atoms with van der Waals surface area (Å²) < 4.78 is 13.5. The fourth-order valence-corrected chi connectivity index (χ4v) is 2.03. The molecule has 0 atom stereocenters. The number of nitrogens with zero attached hydrogens (tertiary/aromatic N) is 2. The lowest BCUT2D eigenvalue weighted by atomic mass is 10.2. The van der Waals surface area contributed by atoms with E-state index in [-0.39, 0.29) is 29.8 Å². The molecule has 2 aromatic rings. The van der Waals surface area contributed by atoms with Gasteiger partial charge >= 0.3 is 0 Å². The van der Waals surface area contributed by atoms with Gasteiger partial charge in [0.05, 0.1) is 0 Å². The van der Waals surface area contributed by atoms with Gasteiger partial charge in [-0.1, -0.05) is 35.9 Å².